The van der Waals surface area contributed by atoms with Crippen molar-refractivity contribution in [2.45, 2.75) is 30.0 Å². The van der Waals surface area contributed by atoms with E-state index in [4.69, 9.17) is 5.11 Å². The number of thiophene rings is 2. The lowest BCUT2D eigenvalue weighted by Gasteiger charge is -2.12. The van der Waals surface area contributed by atoms with E-state index in [0.717, 1.165) is 10.4 Å². The van der Waals surface area contributed by atoms with Gasteiger partial charge in [-0.2, -0.15) is 11.3 Å². The van der Waals surface area contributed by atoms with Gasteiger partial charge in [0, 0.05) is 23.9 Å². The Labute approximate surface area is 127 Å². The van der Waals surface area contributed by atoms with Crippen molar-refractivity contribution in [1.29, 1.82) is 0 Å². The van der Waals surface area contributed by atoms with Crippen LogP contribution in [0.3, 0.4) is 0 Å². The molecule has 0 bridgehead atoms. The van der Waals surface area contributed by atoms with Crippen LogP contribution in [0.5, 0.6) is 0 Å². The van der Waals surface area contributed by atoms with Crippen molar-refractivity contribution in [3.05, 3.63) is 39.4 Å². The van der Waals surface area contributed by atoms with E-state index in [1.807, 2.05) is 23.8 Å². The molecule has 7 heteroatoms. The maximum atomic E-state index is 12.2. The van der Waals surface area contributed by atoms with Gasteiger partial charge in [-0.3, -0.25) is 0 Å². The second-order valence-electron chi connectivity index (χ2n) is 4.55. The van der Waals surface area contributed by atoms with Crippen LogP contribution in [0, 0.1) is 0 Å². The van der Waals surface area contributed by atoms with E-state index in [9.17, 15) is 8.42 Å². The van der Waals surface area contributed by atoms with Crippen LogP contribution in [0.4, 0.5) is 0 Å². The van der Waals surface area contributed by atoms with Gasteiger partial charge in [-0.15, -0.1) is 11.3 Å². The van der Waals surface area contributed by atoms with Gasteiger partial charge >= 0.3 is 0 Å². The van der Waals surface area contributed by atoms with Gasteiger partial charge in [0.05, 0.1) is 0 Å². The summed E-state index contributed by atoms with van der Waals surface area (Å²) in [5.41, 5.74) is 1.14. The first-order valence-corrected chi connectivity index (χ1v) is 9.48. The maximum Gasteiger partial charge on any atom is 0.250 e. The van der Waals surface area contributed by atoms with E-state index < -0.39 is 10.0 Å². The van der Waals surface area contributed by atoms with Crippen LogP contribution in [0.15, 0.2) is 33.2 Å². The molecule has 0 aliphatic heterocycles. The van der Waals surface area contributed by atoms with Crippen LogP contribution < -0.4 is 4.72 Å². The van der Waals surface area contributed by atoms with Gasteiger partial charge in [-0.25, -0.2) is 13.1 Å². The first kappa shape index (κ1) is 15.7. The van der Waals surface area contributed by atoms with Crippen LogP contribution in [0.25, 0.3) is 0 Å². The highest BCUT2D eigenvalue weighted by molar-refractivity contribution is 7.91. The topological polar surface area (TPSA) is 66.4 Å². The molecule has 0 aliphatic rings. The lowest BCUT2D eigenvalue weighted by molar-refractivity contribution is 0.300. The molecular formula is C13H17NO3S3. The molecule has 2 rings (SSSR count). The predicted octanol–water partition coefficient (Wildman–Crippen LogP) is 2.25. The van der Waals surface area contributed by atoms with E-state index in [1.165, 1.54) is 11.3 Å². The van der Waals surface area contributed by atoms with Crippen LogP contribution in [-0.2, 0) is 22.9 Å². The molecule has 0 aromatic carbocycles. The largest absolute Gasteiger partial charge is 0.396 e. The van der Waals surface area contributed by atoms with Crippen molar-refractivity contribution in [3.8, 4) is 0 Å². The highest BCUT2D eigenvalue weighted by Crippen LogP contribution is 2.22. The van der Waals surface area contributed by atoms with E-state index in [-0.39, 0.29) is 12.6 Å². The number of rotatable bonds is 7. The minimum absolute atomic E-state index is 0.0298. The van der Waals surface area contributed by atoms with Gasteiger partial charge in [-0.1, -0.05) is 0 Å². The van der Waals surface area contributed by atoms with Gasteiger partial charge in [0.1, 0.15) is 4.21 Å². The van der Waals surface area contributed by atoms with Crippen LogP contribution >= 0.6 is 22.7 Å². The average molecular weight is 331 g/mol. The SMILES string of the molecule is CC(Cc1ccsc1)NS(=O)(=O)c1ccc(CCO)s1. The zero-order chi connectivity index (χ0) is 14.6. The number of aliphatic hydroxyl groups excluding tert-OH is 1. The first-order chi connectivity index (χ1) is 9.51. The molecule has 0 saturated heterocycles. The van der Waals surface area contributed by atoms with Gasteiger partial charge in [0.15, 0.2) is 0 Å². The van der Waals surface area contributed by atoms with Gasteiger partial charge in [0.25, 0.3) is 0 Å². The smallest absolute Gasteiger partial charge is 0.250 e. The summed E-state index contributed by atoms with van der Waals surface area (Å²) in [7, 11) is -3.47. The average Bonchev–Trinajstić information content (AvgIpc) is 3.00. The molecule has 0 spiro atoms. The lowest BCUT2D eigenvalue weighted by Crippen LogP contribution is -2.33. The summed E-state index contributed by atoms with van der Waals surface area (Å²) < 4.78 is 27.5. The fourth-order valence-corrected chi connectivity index (χ4v) is 5.16. The third kappa shape index (κ3) is 4.13. The van der Waals surface area contributed by atoms with E-state index in [0.29, 0.717) is 17.1 Å². The molecular weight excluding hydrogens is 314 g/mol. The van der Waals surface area contributed by atoms with E-state index in [2.05, 4.69) is 4.72 Å². The summed E-state index contributed by atoms with van der Waals surface area (Å²) in [5.74, 6) is 0. The number of aliphatic hydroxyl groups is 1. The molecule has 0 amide bonds. The zero-order valence-corrected chi connectivity index (χ0v) is 13.5. The Kier molecular flexibility index (Phi) is 5.34. The Morgan fingerprint density at radius 3 is 2.80 bits per heavy atom. The van der Waals surface area contributed by atoms with Gasteiger partial charge < -0.3 is 5.11 Å². The fraction of sp³-hybridized carbons (Fsp3) is 0.385. The van der Waals surface area contributed by atoms with Crippen molar-refractivity contribution >= 4 is 32.7 Å². The first-order valence-electron chi connectivity index (χ1n) is 6.24. The number of hydrogen-bond donors (Lipinski definition) is 2. The van der Waals surface area contributed by atoms with Crippen molar-refractivity contribution in [2.24, 2.45) is 0 Å². The number of nitrogens with one attached hydrogen (secondary N) is 1. The quantitative estimate of drug-likeness (QED) is 0.818. The Balaban J connectivity index is 2.02. The molecule has 110 valence electrons. The standard InChI is InChI=1S/C13H17NO3S3/c1-10(8-11-5-7-18-9-11)14-20(16,17)13-3-2-12(19-13)4-6-15/h2-3,5,7,9-10,14-15H,4,6,8H2,1H3. The molecule has 1 unspecified atom stereocenters. The molecule has 2 N–H and O–H groups in total. The Morgan fingerprint density at radius 2 is 2.15 bits per heavy atom. The molecule has 2 heterocycles. The summed E-state index contributed by atoms with van der Waals surface area (Å²) in [5, 5.41) is 12.9. The minimum atomic E-state index is -3.47. The molecule has 20 heavy (non-hydrogen) atoms. The fourth-order valence-electron chi connectivity index (χ4n) is 1.87. The summed E-state index contributed by atoms with van der Waals surface area (Å²) in [6, 6.07) is 5.19. The number of hydrogen-bond acceptors (Lipinski definition) is 5. The summed E-state index contributed by atoms with van der Waals surface area (Å²) in [6.45, 7) is 1.89. The van der Waals surface area contributed by atoms with Gasteiger partial charge in [-0.05, 0) is 47.9 Å². The third-order valence-electron chi connectivity index (χ3n) is 2.74. The van der Waals surface area contributed by atoms with Crippen LogP contribution in [-0.4, -0.2) is 26.2 Å². The normalized spacial score (nSPS) is 13.5. The molecule has 2 aromatic heterocycles. The van der Waals surface area contributed by atoms with Crippen molar-refractivity contribution in [2.75, 3.05) is 6.61 Å². The highest BCUT2D eigenvalue weighted by atomic mass is 32.2. The molecule has 2 aromatic rings. The maximum absolute atomic E-state index is 12.2. The van der Waals surface area contributed by atoms with Crippen molar-refractivity contribution in [1.82, 2.24) is 4.72 Å². The van der Waals surface area contributed by atoms with E-state index >= 15 is 0 Å². The Hall–Kier alpha value is -0.730. The van der Waals surface area contributed by atoms with Crippen molar-refractivity contribution < 1.29 is 13.5 Å². The zero-order valence-electron chi connectivity index (χ0n) is 11.1. The summed E-state index contributed by atoms with van der Waals surface area (Å²) in [6.07, 6.45) is 1.17. The molecule has 0 saturated carbocycles. The van der Waals surface area contributed by atoms with Gasteiger partial charge in [0.2, 0.25) is 10.0 Å². The second-order valence-corrected chi connectivity index (χ2v) is 8.44. The Morgan fingerprint density at radius 1 is 1.35 bits per heavy atom. The van der Waals surface area contributed by atoms with Crippen LogP contribution in [0.1, 0.15) is 17.4 Å². The monoisotopic (exact) mass is 331 g/mol. The van der Waals surface area contributed by atoms with Crippen LogP contribution in [0.2, 0.25) is 0 Å². The minimum Gasteiger partial charge on any atom is -0.396 e. The molecule has 0 radical (unpaired) electrons. The highest BCUT2D eigenvalue weighted by Gasteiger charge is 2.19. The van der Waals surface area contributed by atoms with E-state index in [1.54, 1.807) is 23.5 Å². The summed E-state index contributed by atoms with van der Waals surface area (Å²) in [4.78, 5) is 0.873. The molecule has 0 aliphatic carbocycles. The predicted molar refractivity (Wildman–Crippen MR) is 82.9 cm³/mol. The third-order valence-corrected chi connectivity index (χ3v) is 6.70. The molecule has 4 nitrogen and oxygen atoms in total. The second kappa shape index (κ2) is 6.82. The summed E-state index contributed by atoms with van der Waals surface area (Å²) >= 11 is 2.81. The van der Waals surface area contributed by atoms with Crippen molar-refractivity contribution in [3.63, 3.8) is 0 Å². The molecule has 1 atom stereocenters. The molecule has 0 fully saturated rings. The Bertz CT molecular complexity index is 632. The lowest BCUT2D eigenvalue weighted by atomic mass is 10.1. The number of sulfonamides is 1.